The highest BCUT2D eigenvalue weighted by molar-refractivity contribution is 5.53. The van der Waals surface area contributed by atoms with E-state index in [1.165, 1.54) is 19.3 Å². The minimum Gasteiger partial charge on any atom is -0.508 e. The standard InChI is InChI=1S/C12H20N2O/c1-2-3-4-8-14-9-10-11(13)6-5-7-12(10)15/h5-7,14-15H,2-4,8-9,13H2,1H3. The summed E-state index contributed by atoms with van der Waals surface area (Å²) >= 11 is 0. The quantitative estimate of drug-likeness (QED) is 0.496. The Kier molecular flexibility index (Phi) is 4.98. The lowest BCUT2D eigenvalue weighted by Gasteiger charge is -2.09. The molecule has 0 radical (unpaired) electrons. The van der Waals surface area contributed by atoms with Crippen LogP contribution in [-0.4, -0.2) is 11.7 Å². The first-order valence-electron chi connectivity index (χ1n) is 5.52. The monoisotopic (exact) mass is 208 g/mol. The fourth-order valence-electron chi connectivity index (χ4n) is 1.50. The summed E-state index contributed by atoms with van der Waals surface area (Å²) in [4.78, 5) is 0. The number of anilines is 1. The topological polar surface area (TPSA) is 58.3 Å². The Balaban J connectivity index is 2.37. The zero-order chi connectivity index (χ0) is 11.1. The van der Waals surface area contributed by atoms with Crippen LogP contribution in [-0.2, 0) is 6.54 Å². The Morgan fingerprint density at radius 1 is 1.33 bits per heavy atom. The average Bonchev–Trinajstić information content (AvgIpc) is 2.21. The van der Waals surface area contributed by atoms with Gasteiger partial charge in [0.05, 0.1) is 0 Å². The first kappa shape index (κ1) is 11.9. The molecule has 15 heavy (non-hydrogen) atoms. The number of aromatic hydroxyl groups is 1. The van der Waals surface area contributed by atoms with Crippen molar-refractivity contribution >= 4 is 5.69 Å². The average molecular weight is 208 g/mol. The van der Waals surface area contributed by atoms with Gasteiger partial charge in [0, 0.05) is 17.8 Å². The lowest BCUT2D eigenvalue weighted by atomic mass is 10.1. The second kappa shape index (κ2) is 6.30. The molecule has 0 heterocycles. The van der Waals surface area contributed by atoms with Crippen LogP contribution in [0.5, 0.6) is 5.75 Å². The Bertz CT molecular complexity index is 279. The number of phenols is 1. The molecule has 0 aliphatic heterocycles. The molecule has 0 aromatic heterocycles. The van der Waals surface area contributed by atoms with Gasteiger partial charge >= 0.3 is 0 Å². The van der Waals surface area contributed by atoms with Crippen molar-refractivity contribution in [3.63, 3.8) is 0 Å². The van der Waals surface area contributed by atoms with E-state index in [1.807, 2.05) is 6.07 Å². The van der Waals surface area contributed by atoms with Crippen LogP contribution >= 0.6 is 0 Å². The van der Waals surface area contributed by atoms with E-state index in [0.29, 0.717) is 12.2 Å². The van der Waals surface area contributed by atoms with Gasteiger partial charge in [0.15, 0.2) is 0 Å². The van der Waals surface area contributed by atoms with Crippen LogP contribution < -0.4 is 11.1 Å². The third-order valence-electron chi connectivity index (χ3n) is 2.45. The summed E-state index contributed by atoms with van der Waals surface area (Å²) < 4.78 is 0. The van der Waals surface area contributed by atoms with E-state index in [9.17, 15) is 5.11 Å². The molecule has 1 rings (SSSR count). The highest BCUT2D eigenvalue weighted by Gasteiger charge is 2.03. The fraction of sp³-hybridized carbons (Fsp3) is 0.500. The summed E-state index contributed by atoms with van der Waals surface area (Å²) in [5.41, 5.74) is 7.21. The molecule has 4 N–H and O–H groups in total. The Morgan fingerprint density at radius 3 is 2.80 bits per heavy atom. The number of hydrogen-bond donors (Lipinski definition) is 3. The molecule has 0 atom stereocenters. The largest absolute Gasteiger partial charge is 0.508 e. The molecule has 0 aliphatic rings. The first-order valence-corrected chi connectivity index (χ1v) is 5.52. The van der Waals surface area contributed by atoms with Gasteiger partial charge in [-0.1, -0.05) is 25.8 Å². The van der Waals surface area contributed by atoms with Crippen LogP contribution in [0.25, 0.3) is 0 Å². The lowest BCUT2D eigenvalue weighted by Crippen LogP contribution is -2.15. The van der Waals surface area contributed by atoms with Gasteiger partial charge in [-0.05, 0) is 25.1 Å². The Hall–Kier alpha value is -1.22. The molecule has 0 aliphatic carbocycles. The summed E-state index contributed by atoms with van der Waals surface area (Å²) in [6.45, 7) is 3.80. The van der Waals surface area contributed by atoms with Crippen LogP contribution in [0.3, 0.4) is 0 Å². The van der Waals surface area contributed by atoms with E-state index < -0.39 is 0 Å². The SMILES string of the molecule is CCCCCNCc1c(N)cccc1O. The van der Waals surface area contributed by atoms with Gasteiger partial charge in [0.25, 0.3) is 0 Å². The molecule has 0 saturated heterocycles. The number of nitrogens with two attached hydrogens (primary N) is 1. The maximum atomic E-state index is 9.57. The summed E-state index contributed by atoms with van der Waals surface area (Å²) in [5, 5.41) is 12.9. The van der Waals surface area contributed by atoms with E-state index in [1.54, 1.807) is 12.1 Å². The zero-order valence-corrected chi connectivity index (χ0v) is 9.29. The second-order valence-electron chi connectivity index (χ2n) is 3.73. The molecule has 0 unspecified atom stereocenters. The predicted molar refractivity (Wildman–Crippen MR) is 63.8 cm³/mol. The van der Waals surface area contributed by atoms with Crippen LogP contribution in [0.15, 0.2) is 18.2 Å². The number of benzene rings is 1. The number of nitrogen functional groups attached to an aromatic ring is 1. The van der Waals surface area contributed by atoms with Gasteiger partial charge < -0.3 is 16.2 Å². The highest BCUT2D eigenvalue weighted by atomic mass is 16.3. The normalized spacial score (nSPS) is 10.5. The lowest BCUT2D eigenvalue weighted by molar-refractivity contribution is 0.464. The summed E-state index contributed by atoms with van der Waals surface area (Å²) in [6.07, 6.45) is 3.63. The Morgan fingerprint density at radius 2 is 2.13 bits per heavy atom. The number of nitrogens with one attached hydrogen (secondary N) is 1. The summed E-state index contributed by atoms with van der Waals surface area (Å²) in [5.74, 6) is 0.276. The van der Waals surface area contributed by atoms with Crippen molar-refractivity contribution in [2.24, 2.45) is 0 Å². The molecule has 0 bridgehead atoms. The van der Waals surface area contributed by atoms with Gasteiger partial charge in [0.1, 0.15) is 5.75 Å². The molecule has 0 saturated carbocycles. The number of phenolic OH excluding ortho intramolecular Hbond substituents is 1. The maximum absolute atomic E-state index is 9.57. The number of unbranched alkanes of at least 4 members (excludes halogenated alkanes) is 2. The van der Waals surface area contributed by atoms with Crippen molar-refractivity contribution in [2.75, 3.05) is 12.3 Å². The molecular formula is C12H20N2O. The van der Waals surface area contributed by atoms with Gasteiger partial charge in [0.2, 0.25) is 0 Å². The van der Waals surface area contributed by atoms with E-state index in [0.717, 1.165) is 12.1 Å². The van der Waals surface area contributed by atoms with E-state index in [2.05, 4.69) is 12.2 Å². The van der Waals surface area contributed by atoms with Gasteiger partial charge in [-0.2, -0.15) is 0 Å². The molecule has 0 fully saturated rings. The van der Waals surface area contributed by atoms with Crippen molar-refractivity contribution < 1.29 is 5.11 Å². The van der Waals surface area contributed by atoms with Gasteiger partial charge in [-0.15, -0.1) is 0 Å². The maximum Gasteiger partial charge on any atom is 0.122 e. The third kappa shape index (κ3) is 3.80. The highest BCUT2D eigenvalue weighted by Crippen LogP contribution is 2.22. The second-order valence-corrected chi connectivity index (χ2v) is 3.73. The zero-order valence-electron chi connectivity index (χ0n) is 9.29. The van der Waals surface area contributed by atoms with E-state index in [-0.39, 0.29) is 5.75 Å². The van der Waals surface area contributed by atoms with Crippen LogP contribution in [0.1, 0.15) is 31.7 Å². The molecule has 1 aromatic carbocycles. The van der Waals surface area contributed by atoms with Crippen molar-refractivity contribution in [3.8, 4) is 5.75 Å². The Labute approximate surface area is 91.3 Å². The van der Waals surface area contributed by atoms with E-state index in [4.69, 9.17) is 5.73 Å². The molecule has 1 aromatic rings. The van der Waals surface area contributed by atoms with Crippen molar-refractivity contribution in [2.45, 2.75) is 32.7 Å². The smallest absolute Gasteiger partial charge is 0.122 e. The minimum absolute atomic E-state index is 0.276. The molecule has 0 amide bonds. The molecule has 3 nitrogen and oxygen atoms in total. The fourth-order valence-corrected chi connectivity index (χ4v) is 1.50. The minimum atomic E-state index is 0.276. The van der Waals surface area contributed by atoms with Crippen molar-refractivity contribution in [1.29, 1.82) is 0 Å². The van der Waals surface area contributed by atoms with Crippen LogP contribution in [0, 0.1) is 0 Å². The van der Waals surface area contributed by atoms with Crippen molar-refractivity contribution in [3.05, 3.63) is 23.8 Å². The molecule has 84 valence electrons. The molecular weight excluding hydrogens is 188 g/mol. The first-order chi connectivity index (χ1) is 7.25. The number of rotatable bonds is 6. The summed E-state index contributed by atoms with van der Waals surface area (Å²) in [7, 11) is 0. The van der Waals surface area contributed by atoms with Gasteiger partial charge in [-0.3, -0.25) is 0 Å². The molecule has 3 heteroatoms. The van der Waals surface area contributed by atoms with E-state index >= 15 is 0 Å². The predicted octanol–water partition coefficient (Wildman–Crippen LogP) is 2.25. The summed E-state index contributed by atoms with van der Waals surface area (Å²) in [6, 6.07) is 5.23. The third-order valence-corrected chi connectivity index (χ3v) is 2.45. The van der Waals surface area contributed by atoms with Crippen LogP contribution in [0.2, 0.25) is 0 Å². The number of hydrogen-bond acceptors (Lipinski definition) is 3. The van der Waals surface area contributed by atoms with Crippen molar-refractivity contribution in [1.82, 2.24) is 5.32 Å². The van der Waals surface area contributed by atoms with Crippen LogP contribution in [0.4, 0.5) is 5.69 Å². The molecule has 0 spiro atoms. The van der Waals surface area contributed by atoms with Gasteiger partial charge in [-0.25, -0.2) is 0 Å².